The lowest BCUT2D eigenvalue weighted by Crippen LogP contribution is -2.05. The minimum absolute atomic E-state index is 0.116. The lowest BCUT2D eigenvalue weighted by atomic mass is 9.97. The molecule has 1 N–H and O–H groups in total. The van der Waals surface area contributed by atoms with Gasteiger partial charge >= 0.3 is 5.76 Å². The topological polar surface area (TPSA) is 98.8 Å². The molecular weight excluding hydrogens is 509 g/mol. The molecule has 8 nitrogen and oxygen atoms in total. The second-order valence-electron chi connectivity index (χ2n) is 9.60. The molecule has 0 bridgehead atoms. The zero-order valence-electron chi connectivity index (χ0n) is 22.2. The van der Waals surface area contributed by atoms with Crippen molar-refractivity contribution in [3.63, 3.8) is 0 Å². The number of aromatic nitrogens is 5. The van der Waals surface area contributed by atoms with Gasteiger partial charge < -0.3 is 9.30 Å². The van der Waals surface area contributed by atoms with Crippen LogP contribution in [0.5, 0.6) is 11.5 Å². The summed E-state index contributed by atoms with van der Waals surface area (Å²) in [5.41, 5.74) is 7.20. The Bertz CT molecular complexity index is 1900. The van der Waals surface area contributed by atoms with Crippen LogP contribution in [-0.4, -0.2) is 24.7 Å². The normalized spacial score (nSPS) is 11.3. The number of hydrogen-bond donors (Lipinski definition) is 1. The number of aromatic amines is 1. The molecule has 0 saturated carbocycles. The van der Waals surface area contributed by atoms with Gasteiger partial charge in [0.25, 0.3) is 0 Å². The Morgan fingerprint density at radius 1 is 0.975 bits per heavy atom. The van der Waals surface area contributed by atoms with Crippen LogP contribution in [0.25, 0.3) is 33.7 Å². The third kappa shape index (κ3) is 4.77. The quantitative estimate of drug-likeness (QED) is 0.247. The maximum absolute atomic E-state index is 14.2. The summed E-state index contributed by atoms with van der Waals surface area (Å²) < 4.78 is 27.0. The Hall–Kier alpha value is -5.05. The van der Waals surface area contributed by atoms with Gasteiger partial charge in [0.15, 0.2) is 23.0 Å². The van der Waals surface area contributed by atoms with Crippen LogP contribution >= 0.6 is 0 Å². The number of pyridine rings is 1. The molecule has 0 amide bonds. The number of para-hydroxylation sites is 1. The minimum Gasteiger partial charge on any atom is -0.454 e. The maximum Gasteiger partial charge on any atom is 0.439 e. The highest BCUT2D eigenvalue weighted by atomic mass is 19.1. The van der Waals surface area contributed by atoms with Gasteiger partial charge in [-0.3, -0.25) is 9.51 Å². The summed E-state index contributed by atoms with van der Waals surface area (Å²) in [6, 6.07) is 21.6. The van der Waals surface area contributed by atoms with E-state index in [0.29, 0.717) is 17.9 Å². The highest BCUT2D eigenvalue weighted by molar-refractivity contribution is 5.82. The third-order valence-corrected chi connectivity index (χ3v) is 6.77. The van der Waals surface area contributed by atoms with Crippen molar-refractivity contribution in [3.8, 4) is 34.0 Å². The van der Waals surface area contributed by atoms with Crippen molar-refractivity contribution >= 4 is 11.2 Å². The van der Waals surface area contributed by atoms with Crippen molar-refractivity contribution in [2.24, 2.45) is 0 Å². The fraction of sp³-hybridized carbons (Fsp3) is 0.161. The van der Waals surface area contributed by atoms with Gasteiger partial charge in [-0.15, -0.1) is 0 Å². The molecule has 3 aromatic carbocycles. The standard InChI is InChI=1S/C31H26FN5O3/c1-4-27-34-28-18(2)15-19(3)33-30(28)37(27)17-20-9-11-21(12-10-20)24-16-22(39-26-8-6-5-7-25(26)32)13-14-23(24)29-35-31(38)40-36-29/h5-16H,4,17H2,1-3H3,(H,35,36,38). The first-order chi connectivity index (χ1) is 19.4. The SMILES string of the molecule is CCc1nc2c(C)cc(C)nc2n1Cc1ccc(-c2cc(Oc3ccccc3F)ccc2-c2noc(=O)[nH]2)cc1. The number of aryl methyl sites for hydroxylation is 3. The molecule has 9 heteroatoms. The monoisotopic (exact) mass is 535 g/mol. The molecule has 3 heterocycles. The zero-order valence-corrected chi connectivity index (χ0v) is 22.2. The summed E-state index contributed by atoms with van der Waals surface area (Å²) >= 11 is 0. The zero-order chi connectivity index (χ0) is 27.8. The van der Waals surface area contributed by atoms with E-state index >= 15 is 0 Å². The predicted molar refractivity (Wildman–Crippen MR) is 150 cm³/mol. The summed E-state index contributed by atoms with van der Waals surface area (Å²) in [5, 5.41) is 3.87. The van der Waals surface area contributed by atoms with Crippen molar-refractivity contribution in [3.05, 3.63) is 112 Å². The molecule has 40 heavy (non-hydrogen) atoms. The second kappa shape index (κ2) is 10.3. The Balaban J connectivity index is 1.38. The molecular formula is C31H26FN5O3. The molecule has 0 aliphatic carbocycles. The average Bonchev–Trinajstić information content (AvgIpc) is 3.54. The Morgan fingerprint density at radius 2 is 1.77 bits per heavy atom. The number of nitrogens with one attached hydrogen (secondary N) is 1. The van der Waals surface area contributed by atoms with E-state index in [1.165, 1.54) is 6.07 Å². The Kier molecular flexibility index (Phi) is 6.47. The molecule has 0 aliphatic heterocycles. The van der Waals surface area contributed by atoms with Gasteiger partial charge in [-0.2, -0.15) is 0 Å². The van der Waals surface area contributed by atoms with Crippen LogP contribution < -0.4 is 10.5 Å². The van der Waals surface area contributed by atoms with E-state index in [-0.39, 0.29) is 11.6 Å². The average molecular weight is 536 g/mol. The van der Waals surface area contributed by atoms with Gasteiger partial charge in [0.2, 0.25) is 0 Å². The van der Waals surface area contributed by atoms with Crippen LogP contribution in [0.3, 0.4) is 0 Å². The van der Waals surface area contributed by atoms with E-state index < -0.39 is 11.6 Å². The molecule has 0 aliphatic rings. The van der Waals surface area contributed by atoms with Crippen LogP contribution in [0, 0.1) is 19.7 Å². The molecule has 3 aromatic heterocycles. The van der Waals surface area contributed by atoms with Gasteiger partial charge in [-0.05, 0) is 72.5 Å². The van der Waals surface area contributed by atoms with Crippen molar-refractivity contribution in [2.75, 3.05) is 0 Å². The molecule has 6 aromatic rings. The largest absolute Gasteiger partial charge is 0.454 e. The predicted octanol–water partition coefficient (Wildman–Crippen LogP) is 6.60. The number of H-pyrrole nitrogens is 1. The van der Waals surface area contributed by atoms with Gasteiger partial charge in [0, 0.05) is 17.7 Å². The summed E-state index contributed by atoms with van der Waals surface area (Å²) in [6.07, 6.45) is 0.793. The lowest BCUT2D eigenvalue weighted by molar-refractivity contribution is 0.388. The first-order valence-electron chi connectivity index (χ1n) is 12.9. The van der Waals surface area contributed by atoms with Gasteiger partial charge in [-0.1, -0.05) is 48.5 Å². The van der Waals surface area contributed by atoms with Gasteiger partial charge in [-0.25, -0.2) is 19.2 Å². The van der Waals surface area contributed by atoms with E-state index in [1.54, 1.807) is 36.4 Å². The summed E-state index contributed by atoms with van der Waals surface area (Å²) in [6.45, 7) is 6.77. The molecule has 0 fully saturated rings. The Labute approximate surface area is 229 Å². The molecule has 0 spiro atoms. The molecule has 0 saturated heterocycles. The highest BCUT2D eigenvalue weighted by Crippen LogP contribution is 2.35. The number of rotatable bonds is 7. The molecule has 6 rings (SSSR count). The number of halogens is 1. The van der Waals surface area contributed by atoms with Crippen LogP contribution in [0.15, 0.2) is 82.1 Å². The fourth-order valence-electron chi connectivity index (χ4n) is 4.89. The van der Waals surface area contributed by atoms with E-state index in [2.05, 4.69) is 34.6 Å². The number of ether oxygens (including phenoxy) is 1. The Morgan fingerprint density at radius 3 is 2.50 bits per heavy atom. The summed E-state index contributed by atoms with van der Waals surface area (Å²) in [4.78, 5) is 23.9. The van der Waals surface area contributed by atoms with Crippen LogP contribution in [-0.2, 0) is 13.0 Å². The van der Waals surface area contributed by atoms with E-state index in [4.69, 9.17) is 19.2 Å². The van der Waals surface area contributed by atoms with Gasteiger partial charge in [0.05, 0.1) is 6.54 Å². The maximum atomic E-state index is 14.2. The van der Waals surface area contributed by atoms with Crippen molar-refractivity contribution in [2.45, 2.75) is 33.7 Å². The van der Waals surface area contributed by atoms with Crippen LogP contribution in [0.2, 0.25) is 0 Å². The number of hydrogen-bond acceptors (Lipinski definition) is 6. The number of imidazole rings is 1. The van der Waals surface area contributed by atoms with E-state index in [9.17, 15) is 9.18 Å². The number of benzene rings is 3. The smallest absolute Gasteiger partial charge is 0.439 e. The summed E-state index contributed by atoms with van der Waals surface area (Å²) in [5.74, 6) is 0.710. The van der Waals surface area contributed by atoms with Crippen molar-refractivity contribution < 1.29 is 13.7 Å². The minimum atomic E-state index is -0.652. The van der Waals surface area contributed by atoms with Crippen LogP contribution in [0.4, 0.5) is 4.39 Å². The summed E-state index contributed by atoms with van der Waals surface area (Å²) in [7, 11) is 0. The fourth-order valence-corrected chi connectivity index (χ4v) is 4.89. The lowest BCUT2D eigenvalue weighted by Gasteiger charge is -2.13. The molecule has 0 atom stereocenters. The number of fused-ring (bicyclic) bond motifs is 1. The highest BCUT2D eigenvalue weighted by Gasteiger charge is 2.16. The van der Waals surface area contributed by atoms with E-state index in [0.717, 1.165) is 51.4 Å². The van der Waals surface area contributed by atoms with Crippen molar-refractivity contribution in [1.29, 1.82) is 0 Å². The number of nitrogens with zero attached hydrogens (tertiary/aromatic N) is 4. The van der Waals surface area contributed by atoms with Crippen LogP contribution in [0.1, 0.15) is 29.6 Å². The second-order valence-corrected chi connectivity index (χ2v) is 9.60. The molecule has 0 radical (unpaired) electrons. The van der Waals surface area contributed by atoms with E-state index in [1.807, 2.05) is 31.2 Å². The first kappa shape index (κ1) is 25.2. The third-order valence-electron chi connectivity index (χ3n) is 6.77. The van der Waals surface area contributed by atoms with Gasteiger partial charge in [0.1, 0.15) is 17.1 Å². The van der Waals surface area contributed by atoms with Crippen molar-refractivity contribution in [1.82, 2.24) is 24.7 Å². The molecule has 200 valence electrons. The molecule has 0 unspecified atom stereocenters. The first-order valence-corrected chi connectivity index (χ1v) is 12.9.